The number of nitrogens with one attached hydrogen (secondary N) is 2. The maximum atomic E-state index is 12.6. The Morgan fingerprint density at radius 3 is 2.66 bits per heavy atom. The van der Waals surface area contributed by atoms with Crippen molar-refractivity contribution in [1.82, 2.24) is 9.97 Å². The van der Waals surface area contributed by atoms with Gasteiger partial charge in [-0.1, -0.05) is 6.07 Å². The quantitative estimate of drug-likeness (QED) is 0.620. The Hall–Kier alpha value is -3.20. The Morgan fingerprint density at radius 2 is 1.97 bits per heavy atom. The molecule has 0 spiro atoms. The number of hydrogen-bond donors (Lipinski definition) is 2. The number of aromatic amines is 1. The van der Waals surface area contributed by atoms with Crippen LogP contribution in [0.3, 0.4) is 0 Å². The van der Waals surface area contributed by atoms with Gasteiger partial charge in [-0.15, -0.1) is 11.3 Å². The first kappa shape index (κ1) is 20.5. The van der Waals surface area contributed by atoms with E-state index in [0.29, 0.717) is 33.0 Å². The molecule has 0 aliphatic rings. The third-order valence-electron chi connectivity index (χ3n) is 4.37. The van der Waals surface area contributed by atoms with Crippen LogP contribution in [0, 0.1) is 20.8 Å². The molecular formula is C20H21N3O5S. The van der Waals surface area contributed by atoms with Crippen LogP contribution in [0.4, 0.5) is 5.69 Å². The van der Waals surface area contributed by atoms with E-state index in [1.165, 1.54) is 14.0 Å². The number of ether oxygens (including phenoxy) is 2. The van der Waals surface area contributed by atoms with Crippen LogP contribution in [0.5, 0.6) is 5.75 Å². The van der Waals surface area contributed by atoms with Crippen molar-refractivity contribution in [3.63, 3.8) is 0 Å². The van der Waals surface area contributed by atoms with Gasteiger partial charge in [-0.25, -0.2) is 9.78 Å². The largest absolute Gasteiger partial charge is 0.495 e. The van der Waals surface area contributed by atoms with E-state index in [-0.39, 0.29) is 10.4 Å². The van der Waals surface area contributed by atoms with Gasteiger partial charge in [-0.05, 0) is 51.0 Å². The Labute approximate surface area is 170 Å². The zero-order valence-corrected chi connectivity index (χ0v) is 17.5. The first-order valence-electron chi connectivity index (χ1n) is 8.87. The van der Waals surface area contributed by atoms with Crippen molar-refractivity contribution < 1.29 is 19.1 Å². The van der Waals surface area contributed by atoms with Gasteiger partial charge >= 0.3 is 5.97 Å². The Balaban J connectivity index is 1.79. The summed E-state index contributed by atoms with van der Waals surface area (Å²) in [6.45, 7) is 6.69. The number of anilines is 1. The normalized spacial score (nSPS) is 11.9. The fraction of sp³-hybridized carbons (Fsp3) is 0.300. The summed E-state index contributed by atoms with van der Waals surface area (Å²) >= 11 is 1.07. The number of aromatic nitrogens is 2. The Morgan fingerprint density at radius 1 is 1.24 bits per heavy atom. The number of H-pyrrole nitrogens is 1. The average molecular weight is 415 g/mol. The van der Waals surface area contributed by atoms with Crippen LogP contribution in [0.25, 0.3) is 10.2 Å². The van der Waals surface area contributed by atoms with Crippen molar-refractivity contribution in [2.75, 3.05) is 12.4 Å². The number of carbonyl (C=O) groups excluding carboxylic acids is 2. The number of methoxy groups -OCH3 is 1. The number of benzene rings is 1. The van der Waals surface area contributed by atoms with Crippen molar-refractivity contribution >= 4 is 39.1 Å². The summed E-state index contributed by atoms with van der Waals surface area (Å²) in [5.41, 5.74) is 1.61. The van der Waals surface area contributed by atoms with Gasteiger partial charge in [-0.3, -0.25) is 9.59 Å². The number of rotatable bonds is 5. The molecule has 0 aliphatic heterocycles. The molecule has 3 rings (SSSR count). The molecule has 0 saturated heterocycles. The molecule has 9 heteroatoms. The number of nitrogens with zero attached hydrogens (tertiary/aromatic N) is 1. The molecule has 8 nitrogen and oxygen atoms in total. The zero-order chi connectivity index (χ0) is 21.3. The first-order valence-corrected chi connectivity index (χ1v) is 9.69. The lowest BCUT2D eigenvalue weighted by molar-refractivity contribution is -0.123. The highest BCUT2D eigenvalue weighted by Gasteiger charge is 2.25. The SMILES string of the molecule is COc1ccc(C)cc1NC(=O)[C@H](C)OC(=O)c1sc2nc(C)[nH]c(=O)c2c1C. The monoisotopic (exact) mass is 415 g/mol. The highest BCUT2D eigenvalue weighted by atomic mass is 32.1. The second kappa shape index (κ2) is 8.04. The molecule has 1 atom stereocenters. The van der Waals surface area contributed by atoms with Gasteiger partial charge in [0.25, 0.3) is 11.5 Å². The molecule has 0 radical (unpaired) electrons. The average Bonchev–Trinajstić information content (AvgIpc) is 2.98. The van der Waals surface area contributed by atoms with E-state index in [0.717, 1.165) is 16.9 Å². The predicted octanol–water partition coefficient (Wildman–Crippen LogP) is 3.10. The van der Waals surface area contributed by atoms with Gasteiger partial charge in [-0.2, -0.15) is 0 Å². The molecule has 2 heterocycles. The number of fused-ring (bicyclic) bond motifs is 1. The molecule has 1 amide bonds. The van der Waals surface area contributed by atoms with Crippen LogP contribution in [0.15, 0.2) is 23.0 Å². The number of aryl methyl sites for hydroxylation is 3. The molecule has 0 unspecified atom stereocenters. The van der Waals surface area contributed by atoms with E-state index in [2.05, 4.69) is 15.3 Å². The van der Waals surface area contributed by atoms with Crippen molar-refractivity contribution in [3.8, 4) is 5.75 Å². The van der Waals surface area contributed by atoms with Crippen molar-refractivity contribution in [1.29, 1.82) is 0 Å². The van der Waals surface area contributed by atoms with Gasteiger partial charge in [0.1, 0.15) is 21.3 Å². The molecule has 0 saturated carbocycles. The molecule has 29 heavy (non-hydrogen) atoms. The lowest BCUT2D eigenvalue weighted by Gasteiger charge is -2.15. The lowest BCUT2D eigenvalue weighted by atomic mass is 10.2. The number of amides is 1. The summed E-state index contributed by atoms with van der Waals surface area (Å²) in [5, 5.41) is 3.07. The fourth-order valence-corrected chi connectivity index (χ4v) is 3.98. The second-order valence-corrected chi connectivity index (χ2v) is 7.63. The van der Waals surface area contributed by atoms with E-state index in [4.69, 9.17) is 9.47 Å². The van der Waals surface area contributed by atoms with Crippen molar-refractivity contribution in [2.45, 2.75) is 33.8 Å². The number of esters is 1. The van der Waals surface area contributed by atoms with E-state index < -0.39 is 18.0 Å². The molecule has 2 aromatic heterocycles. The summed E-state index contributed by atoms with van der Waals surface area (Å²) in [5.74, 6) is -0.207. The van der Waals surface area contributed by atoms with Crippen LogP contribution >= 0.6 is 11.3 Å². The van der Waals surface area contributed by atoms with Crippen LogP contribution in [-0.4, -0.2) is 35.1 Å². The lowest BCUT2D eigenvalue weighted by Crippen LogP contribution is -2.30. The fourth-order valence-electron chi connectivity index (χ4n) is 2.87. The highest BCUT2D eigenvalue weighted by Crippen LogP contribution is 2.28. The smallest absolute Gasteiger partial charge is 0.349 e. The van der Waals surface area contributed by atoms with Crippen LogP contribution in [0.1, 0.15) is 33.5 Å². The second-order valence-electron chi connectivity index (χ2n) is 6.63. The van der Waals surface area contributed by atoms with Gasteiger partial charge < -0.3 is 19.8 Å². The maximum Gasteiger partial charge on any atom is 0.349 e. The minimum Gasteiger partial charge on any atom is -0.495 e. The van der Waals surface area contributed by atoms with E-state index >= 15 is 0 Å². The van der Waals surface area contributed by atoms with Crippen LogP contribution in [-0.2, 0) is 9.53 Å². The molecule has 1 aromatic carbocycles. The van der Waals surface area contributed by atoms with Crippen LogP contribution < -0.4 is 15.6 Å². The first-order chi connectivity index (χ1) is 13.7. The van der Waals surface area contributed by atoms with E-state index in [1.807, 2.05) is 13.0 Å². The van der Waals surface area contributed by atoms with Gasteiger partial charge in [0.05, 0.1) is 18.2 Å². The van der Waals surface area contributed by atoms with E-state index in [1.54, 1.807) is 26.0 Å². The number of thiophene rings is 1. The minimum atomic E-state index is -1.05. The maximum absolute atomic E-state index is 12.6. The number of hydrogen-bond acceptors (Lipinski definition) is 7. The summed E-state index contributed by atoms with van der Waals surface area (Å²) < 4.78 is 10.6. The summed E-state index contributed by atoms with van der Waals surface area (Å²) in [7, 11) is 1.51. The standard InChI is InChI=1S/C20H21N3O5S/c1-9-6-7-14(27-5)13(8-9)23-17(24)11(3)28-20(26)16-10(2)15-18(25)21-12(4)22-19(15)29-16/h6-8,11H,1-5H3,(H,23,24)(H,21,22,25)/t11-/m0/s1. The van der Waals surface area contributed by atoms with Crippen molar-refractivity contribution in [3.05, 3.63) is 50.4 Å². The zero-order valence-electron chi connectivity index (χ0n) is 16.7. The van der Waals surface area contributed by atoms with Gasteiger partial charge in [0, 0.05) is 0 Å². The molecular weight excluding hydrogens is 394 g/mol. The van der Waals surface area contributed by atoms with Gasteiger partial charge in [0.2, 0.25) is 0 Å². The Kier molecular flexibility index (Phi) is 5.69. The van der Waals surface area contributed by atoms with E-state index in [9.17, 15) is 14.4 Å². The molecule has 2 N–H and O–H groups in total. The molecule has 0 bridgehead atoms. The molecule has 152 valence electrons. The topological polar surface area (TPSA) is 110 Å². The minimum absolute atomic E-state index is 0.247. The molecule has 0 fully saturated rings. The third-order valence-corrected chi connectivity index (χ3v) is 5.54. The number of carbonyl (C=O) groups is 2. The summed E-state index contributed by atoms with van der Waals surface area (Å²) in [6, 6.07) is 5.37. The third kappa shape index (κ3) is 4.14. The predicted molar refractivity (Wildman–Crippen MR) is 111 cm³/mol. The van der Waals surface area contributed by atoms with Crippen LogP contribution in [0.2, 0.25) is 0 Å². The Bertz CT molecular complexity index is 1160. The molecule has 0 aliphatic carbocycles. The van der Waals surface area contributed by atoms with Gasteiger partial charge in [0.15, 0.2) is 6.10 Å². The summed E-state index contributed by atoms with van der Waals surface area (Å²) in [4.78, 5) is 44.9. The highest BCUT2D eigenvalue weighted by molar-refractivity contribution is 7.20. The van der Waals surface area contributed by atoms with Crippen molar-refractivity contribution in [2.24, 2.45) is 0 Å². The molecule has 3 aromatic rings. The summed E-state index contributed by atoms with van der Waals surface area (Å²) in [6.07, 6.45) is -1.05.